The third-order valence-corrected chi connectivity index (χ3v) is 8.66. The molecule has 208 valence electrons. The third-order valence-electron chi connectivity index (χ3n) is 5.62. The van der Waals surface area contributed by atoms with Crippen molar-refractivity contribution >= 4 is 62.4 Å². The van der Waals surface area contributed by atoms with Gasteiger partial charge in [-0.05, 0) is 63.2 Å². The van der Waals surface area contributed by atoms with E-state index in [0.29, 0.717) is 50.9 Å². The Morgan fingerprint density at radius 1 is 1.18 bits per heavy atom. The topological polar surface area (TPSA) is 128 Å². The zero-order valence-corrected chi connectivity index (χ0v) is 24.2. The van der Waals surface area contributed by atoms with Crippen LogP contribution in [-0.4, -0.2) is 42.3 Å². The first-order chi connectivity index (χ1) is 18.3. The van der Waals surface area contributed by atoms with Crippen molar-refractivity contribution in [1.82, 2.24) is 9.88 Å². The Bertz CT molecular complexity index is 1490. The number of amides is 1. The van der Waals surface area contributed by atoms with Crippen LogP contribution < -0.4 is 21.1 Å². The van der Waals surface area contributed by atoms with E-state index in [9.17, 15) is 13.2 Å². The standard InChI is InChI=1S/C27H31Cl2N5O4S/c1-18(33-20-8-9-24(22(29)15-20)38-21-7-5-6-19(28)14-21)26-23(32-17-30)10-12-34(26)13-11-31-25(35)16-39(36,37)27(2,3)4/h5-10,12,14-15,17,33H,1,11,13,16H2,2-4H3,(H2,30,32)(H,31,35). The smallest absolute Gasteiger partial charge is 0.235 e. The summed E-state index contributed by atoms with van der Waals surface area (Å²) >= 11 is 12.5. The summed E-state index contributed by atoms with van der Waals surface area (Å²) < 4.78 is 31.2. The normalized spacial score (nSPS) is 11.9. The number of carbonyl (C=O) groups is 1. The van der Waals surface area contributed by atoms with Crippen LogP contribution in [0, 0.1) is 0 Å². The van der Waals surface area contributed by atoms with Gasteiger partial charge in [0, 0.05) is 30.0 Å². The Hall–Kier alpha value is -3.47. The van der Waals surface area contributed by atoms with Crippen molar-refractivity contribution < 1.29 is 17.9 Å². The SMILES string of the molecule is C=C(Nc1ccc(Oc2cccc(Cl)c2)c(Cl)c1)c1c(/N=C\N)ccn1CCNC(=O)CS(=O)(=O)C(C)(C)C. The van der Waals surface area contributed by atoms with Crippen LogP contribution in [0.5, 0.6) is 11.5 Å². The molecule has 0 aliphatic heterocycles. The molecule has 12 heteroatoms. The van der Waals surface area contributed by atoms with Crippen molar-refractivity contribution in [2.45, 2.75) is 32.1 Å². The van der Waals surface area contributed by atoms with Crippen LogP contribution in [0.15, 0.2) is 66.3 Å². The highest BCUT2D eigenvalue weighted by Crippen LogP contribution is 2.34. The molecule has 0 unspecified atom stereocenters. The van der Waals surface area contributed by atoms with Crippen LogP contribution in [0.4, 0.5) is 11.4 Å². The van der Waals surface area contributed by atoms with Crippen LogP contribution >= 0.6 is 23.2 Å². The molecule has 0 saturated carbocycles. The van der Waals surface area contributed by atoms with E-state index < -0.39 is 26.2 Å². The molecule has 3 aromatic rings. The highest BCUT2D eigenvalue weighted by molar-refractivity contribution is 7.93. The number of halogens is 2. The number of aromatic nitrogens is 1. The maximum Gasteiger partial charge on any atom is 0.235 e. The molecule has 1 amide bonds. The lowest BCUT2D eigenvalue weighted by Crippen LogP contribution is -2.39. The average molecular weight is 593 g/mol. The van der Waals surface area contributed by atoms with E-state index in [1.54, 1.807) is 75.5 Å². The molecule has 3 rings (SSSR count). The average Bonchev–Trinajstić information content (AvgIpc) is 3.22. The monoisotopic (exact) mass is 591 g/mol. The van der Waals surface area contributed by atoms with Gasteiger partial charge in [0.1, 0.15) is 17.3 Å². The molecule has 0 aliphatic rings. The van der Waals surface area contributed by atoms with Crippen LogP contribution in [0.1, 0.15) is 26.5 Å². The first-order valence-corrected chi connectivity index (χ1v) is 14.3. The first kappa shape index (κ1) is 30.1. The van der Waals surface area contributed by atoms with Gasteiger partial charge in [-0.2, -0.15) is 0 Å². The maximum atomic E-state index is 12.3. The largest absolute Gasteiger partial charge is 0.456 e. The number of nitrogens with two attached hydrogens (primary N) is 1. The van der Waals surface area contributed by atoms with Gasteiger partial charge in [0.25, 0.3) is 0 Å². The quantitative estimate of drug-likeness (QED) is 0.196. The zero-order chi connectivity index (χ0) is 28.8. The highest BCUT2D eigenvalue weighted by atomic mass is 35.5. The maximum absolute atomic E-state index is 12.3. The van der Waals surface area contributed by atoms with Gasteiger partial charge in [0.15, 0.2) is 9.84 Å². The molecule has 0 radical (unpaired) electrons. The number of hydrogen-bond acceptors (Lipinski definition) is 6. The molecule has 1 aromatic heterocycles. The molecule has 4 N–H and O–H groups in total. The summed E-state index contributed by atoms with van der Waals surface area (Å²) in [6.07, 6.45) is 2.95. The summed E-state index contributed by atoms with van der Waals surface area (Å²) in [6, 6.07) is 13.9. The zero-order valence-electron chi connectivity index (χ0n) is 21.9. The number of nitrogens with one attached hydrogen (secondary N) is 2. The Morgan fingerprint density at radius 3 is 2.56 bits per heavy atom. The van der Waals surface area contributed by atoms with Crippen LogP contribution in [0.3, 0.4) is 0 Å². The van der Waals surface area contributed by atoms with Crippen molar-refractivity contribution in [2.75, 3.05) is 17.6 Å². The van der Waals surface area contributed by atoms with Crippen molar-refractivity contribution in [3.63, 3.8) is 0 Å². The molecular weight excluding hydrogens is 561 g/mol. The molecule has 0 aliphatic carbocycles. The molecule has 2 aromatic carbocycles. The second-order valence-electron chi connectivity index (χ2n) is 9.55. The lowest BCUT2D eigenvalue weighted by atomic mass is 10.2. The van der Waals surface area contributed by atoms with E-state index in [2.05, 4.69) is 22.2 Å². The summed E-state index contributed by atoms with van der Waals surface area (Å²) in [5.74, 6) is -0.134. The molecule has 0 atom stereocenters. The second kappa shape index (κ2) is 12.6. The third kappa shape index (κ3) is 8.01. The van der Waals surface area contributed by atoms with Gasteiger partial charge in [-0.15, -0.1) is 0 Å². The molecule has 0 bridgehead atoms. The highest BCUT2D eigenvalue weighted by Gasteiger charge is 2.31. The Labute approximate surface area is 238 Å². The van der Waals surface area contributed by atoms with Crippen molar-refractivity contribution in [1.29, 1.82) is 0 Å². The fourth-order valence-electron chi connectivity index (χ4n) is 3.47. The fourth-order valence-corrected chi connectivity index (χ4v) is 4.75. The number of benzene rings is 2. The first-order valence-electron chi connectivity index (χ1n) is 11.9. The lowest BCUT2D eigenvalue weighted by molar-refractivity contribution is -0.118. The number of hydrogen-bond donors (Lipinski definition) is 3. The molecular formula is C27H31Cl2N5O4S. The summed E-state index contributed by atoms with van der Waals surface area (Å²) in [4.78, 5) is 16.5. The Balaban J connectivity index is 1.70. The molecule has 1 heterocycles. The van der Waals surface area contributed by atoms with E-state index in [1.807, 2.05) is 4.57 Å². The Kier molecular flexibility index (Phi) is 9.71. The van der Waals surface area contributed by atoms with Gasteiger partial charge in [-0.1, -0.05) is 35.8 Å². The van der Waals surface area contributed by atoms with Gasteiger partial charge < -0.3 is 25.7 Å². The van der Waals surface area contributed by atoms with E-state index in [-0.39, 0.29) is 6.54 Å². The summed E-state index contributed by atoms with van der Waals surface area (Å²) in [6.45, 7) is 9.36. The second-order valence-corrected chi connectivity index (χ2v) is 13.1. The molecule has 0 fully saturated rings. The van der Waals surface area contributed by atoms with Crippen LogP contribution in [-0.2, 0) is 21.2 Å². The van der Waals surface area contributed by atoms with E-state index in [1.165, 1.54) is 6.34 Å². The Morgan fingerprint density at radius 2 is 1.92 bits per heavy atom. The number of sulfone groups is 1. The van der Waals surface area contributed by atoms with Crippen molar-refractivity contribution in [2.24, 2.45) is 10.7 Å². The van der Waals surface area contributed by atoms with Crippen LogP contribution in [0.2, 0.25) is 10.0 Å². The minimum absolute atomic E-state index is 0.195. The minimum atomic E-state index is -3.58. The van der Waals surface area contributed by atoms with E-state index >= 15 is 0 Å². The molecule has 9 nitrogen and oxygen atoms in total. The summed E-state index contributed by atoms with van der Waals surface area (Å²) in [5.41, 5.74) is 7.87. The molecule has 0 spiro atoms. The predicted octanol–water partition coefficient (Wildman–Crippen LogP) is 5.62. The lowest BCUT2D eigenvalue weighted by Gasteiger charge is -2.19. The van der Waals surface area contributed by atoms with E-state index in [0.717, 1.165) is 0 Å². The van der Waals surface area contributed by atoms with Gasteiger partial charge in [-0.25, -0.2) is 13.4 Å². The molecule has 39 heavy (non-hydrogen) atoms. The van der Waals surface area contributed by atoms with Gasteiger partial charge in [0.2, 0.25) is 5.91 Å². The predicted molar refractivity (Wildman–Crippen MR) is 159 cm³/mol. The number of aliphatic imine (C=N–C) groups is 1. The number of anilines is 1. The number of rotatable bonds is 11. The van der Waals surface area contributed by atoms with Crippen molar-refractivity contribution in [3.05, 3.63) is 77.0 Å². The number of carbonyl (C=O) groups excluding carboxylic acids is 1. The minimum Gasteiger partial charge on any atom is -0.456 e. The number of ether oxygens (including phenoxy) is 1. The fraction of sp³-hybridized carbons (Fsp3) is 0.259. The number of nitrogens with zero attached hydrogens (tertiary/aromatic N) is 2. The van der Waals surface area contributed by atoms with Gasteiger partial charge in [0.05, 0.1) is 33.2 Å². The van der Waals surface area contributed by atoms with E-state index in [4.69, 9.17) is 33.7 Å². The summed E-state index contributed by atoms with van der Waals surface area (Å²) in [7, 11) is -3.58. The molecule has 0 saturated heterocycles. The van der Waals surface area contributed by atoms with Gasteiger partial charge >= 0.3 is 0 Å². The van der Waals surface area contributed by atoms with Gasteiger partial charge in [-0.3, -0.25) is 4.79 Å². The van der Waals surface area contributed by atoms with Crippen LogP contribution in [0.25, 0.3) is 5.70 Å². The summed E-state index contributed by atoms with van der Waals surface area (Å²) in [5, 5.41) is 6.79. The van der Waals surface area contributed by atoms with Crippen molar-refractivity contribution in [3.8, 4) is 11.5 Å².